The van der Waals surface area contributed by atoms with Gasteiger partial charge in [-0.25, -0.2) is 4.79 Å². The van der Waals surface area contributed by atoms with Crippen LogP contribution in [0.2, 0.25) is 0 Å². The first kappa shape index (κ1) is 18.3. The topological polar surface area (TPSA) is 61.8 Å². The number of ether oxygens (including phenoxy) is 1. The number of hydrogen-bond donors (Lipinski definition) is 2. The van der Waals surface area contributed by atoms with Crippen molar-refractivity contribution < 1.29 is 14.6 Å². The largest absolute Gasteiger partial charge is 0.508 e. The van der Waals surface area contributed by atoms with E-state index in [2.05, 4.69) is 5.32 Å². The van der Waals surface area contributed by atoms with Gasteiger partial charge in [-0.05, 0) is 43.5 Å². The van der Waals surface area contributed by atoms with E-state index in [4.69, 9.17) is 4.74 Å². The van der Waals surface area contributed by atoms with Crippen molar-refractivity contribution in [1.82, 2.24) is 10.2 Å². The maximum absolute atomic E-state index is 12.7. The number of hydrogen-bond acceptors (Lipinski definition) is 3. The average molecular weight is 354 g/mol. The molecule has 3 atom stereocenters. The maximum atomic E-state index is 12.7. The van der Waals surface area contributed by atoms with Crippen LogP contribution in [0.3, 0.4) is 0 Å². The molecule has 3 rings (SSSR count). The lowest BCUT2D eigenvalue weighted by Gasteiger charge is -2.37. The summed E-state index contributed by atoms with van der Waals surface area (Å²) in [4.78, 5) is 14.5. The summed E-state index contributed by atoms with van der Waals surface area (Å²) in [6.07, 6.45) is 0.610. The Bertz CT molecular complexity index is 718. The number of nitrogens with one attached hydrogen (secondary N) is 1. The summed E-state index contributed by atoms with van der Waals surface area (Å²) < 4.78 is 6.02. The first-order chi connectivity index (χ1) is 12.5. The minimum atomic E-state index is -0.0990. The number of phenols is 1. The zero-order valence-corrected chi connectivity index (χ0v) is 15.3. The number of benzene rings is 2. The van der Waals surface area contributed by atoms with E-state index in [9.17, 15) is 9.90 Å². The van der Waals surface area contributed by atoms with Gasteiger partial charge in [0.1, 0.15) is 11.9 Å². The maximum Gasteiger partial charge on any atom is 0.317 e. The highest BCUT2D eigenvalue weighted by Gasteiger charge is 2.29. The van der Waals surface area contributed by atoms with E-state index in [1.807, 2.05) is 61.2 Å². The van der Waals surface area contributed by atoms with Crippen LogP contribution in [-0.2, 0) is 11.2 Å². The Labute approximate surface area is 154 Å². The van der Waals surface area contributed by atoms with Crippen molar-refractivity contribution in [1.29, 1.82) is 0 Å². The van der Waals surface area contributed by atoms with Crippen LogP contribution in [-0.4, -0.2) is 41.3 Å². The molecule has 0 aliphatic carbocycles. The van der Waals surface area contributed by atoms with Crippen molar-refractivity contribution >= 4 is 6.03 Å². The Morgan fingerprint density at radius 3 is 2.58 bits per heavy atom. The molecule has 1 heterocycles. The van der Waals surface area contributed by atoms with Crippen LogP contribution < -0.4 is 5.32 Å². The van der Waals surface area contributed by atoms with Gasteiger partial charge in [0, 0.05) is 12.6 Å². The monoisotopic (exact) mass is 354 g/mol. The molecule has 2 aromatic carbocycles. The molecule has 0 saturated carbocycles. The van der Waals surface area contributed by atoms with Gasteiger partial charge < -0.3 is 20.1 Å². The van der Waals surface area contributed by atoms with Gasteiger partial charge in [-0.15, -0.1) is 0 Å². The fraction of sp³-hybridized carbons (Fsp3) is 0.381. The third-order valence-corrected chi connectivity index (χ3v) is 4.57. The molecule has 1 aliphatic rings. The number of amides is 2. The molecule has 1 aliphatic heterocycles. The van der Waals surface area contributed by atoms with Crippen molar-refractivity contribution in [3.05, 3.63) is 65.7 Å². The zero-order valence-electron chi connectivity index (χ0n) is 15.3. The quantitative estimate of drug-likeness (QED) is 0.883. The normalized spacial score (nSPS) is 21.2. The molecule has 138 valence electrons. The molecule has 0 spiro atoms. The van der Waals surface area contributed by atoms with E-state index in [1.54, 1.807) is 12.1 Å². The first-order valence-corrected chi connectivity index (χ1v) is 9.05. The molecule has 0 bridgehead atoms. The number of carbonyl (C=O) groups excluding carboxylic acids is 1. The van der Waals surface area contributed by atoms with Gasteiger partial charge >= 0.3 is 6.03 Å². The molecule has 5 heteroatoms. The second-order valence-electron chi connectivity index (χ2n) is 6.97. The molecule has 5 nitrogen and oxygen atoms in total. The Hall–Kier alpha value is -2.53. The fourth-order valence-corrected chi connectivity index (χ4v) is 3.31. The summed E-state index contributed by atoms with van der Waals surface area (Å²) in [7, 11) is 0. The van der Waals surface area contributed by atoms with Crippen molar-refractivity contribution in [2.75, 3.05) is 13.1 Å². The van der Waals surface area contributed by atoms with Gasteiger partial charge in [0.05, 0.1) is 12.6 Å². The second-order valence-corrected chi connectivity index (χ2v) is 6.97. The molecule has 2 amide bonds. The number of urea groups is 1. The number of phenolic OH excluding ortho intramolecular Hbond substituents is 1. The van der Waals surface area contributed by atoms with Gasteiger partial charge in [-0.3, -0.25) is 0 Å². The van der Waals surface area contributed by atoms with Crippen LogP contribution in [0.5, 0.6) is 5.75 Å². The zero-order chi connectivity index (χ0) is 18.5. The fourth-order valence-electron chi connectivity index (χ4n) is 3.31. The number of morpholine rings is 1. The lowest BCUT2D eigenvalue weighted by atomic mass is 10.1. The molecular weight excluding hydrogens is 328 g/mol. The van der Waals surface area contributed by atoms with Crippen molar-refractivity contribution in [3.63, 3.8) is 0 Å². The van der Waals surface area contributed by atoms with Crippen molar-refractivity contribution in [2.24, 2.45) is 0 Å². The lowest BCUT2D eigenvalue weighted by Crippen LogP contribution is -2.51. The Morgan fingerprint density at radius 2 is 1.88 bits per heavy atom. The average Bonchev–Trinajstić information content (AvgIpc) is 2.64. The summed E-state index contributed by atoms with van der Waals surface area (Å²) in [5.74, 6) is 0.250. The van der Waals surface area contributed by atoms with E-state index in [1.165, 1.54) is 0 Å². The SMILES string of the molecule is C[C@H](Cc1ccc(O)cc1)NC(=O)N1C[C@@H](C)O[C@H](c2ccccc2)C1. The predicted octanol–water partition coefficient (Wildman–Crippen LogP) is 3.49. The van der Waals surface area contributed by atoms with E-state index in [0.29, 0.717) is 19.5 Å². The molecule has 1 saturated heterocycles. The summed E-state index contributed by atoms with van der Waals surface area (Å²) in [6.45, 7) is 5.12. The van der Waals surface area contributed by atoms with Gasteiger partial charge in [0.2, 0.25) is 0 Å². The van der Waals surface area contributed by atoms with Gasteiger partial charge in [-0.2, -0.15) is 0 Å². The van der Waals surface area contributed by atoms with Crippen LogP contribution in [0.25, 0.3) is 0 Å². The van der Waals surface area contributed by atoms with Crippen LogP contribution in [0.1, 0.15) is 31.1 Å². The number of aromatic hydroxyl groups is 1. The number of carbonyl (C=O) groups is 1. The van der Waals surface area contributed by atoms with E-state index in [-0.39, 0.29) is 30.0 Å². The molecule has 1 fully saturated rings. The Morgan fingerprint density at radius 1 is 1.19 bits per heavy atom. The highest BCUT2D eigenvalue weighted by Crippen LogP contribution is 2.25. The van der Waals surface area contributed by atoms with Gasteiger partial charge in [0.25, 0.3) is 0 Å². The molecule has 0 aromatic heterocycles. The van der Waals surface area contributed by atoms with Gasteiger partial charge in [0.15, 0.2) is 0 Å². The van der Waals surface area contributed by atoms with E-state index in [0.717, 1.165) is 11.1 Å². The third kappa shape index (κ3) is 4.76. The first-order valence-electron chi connectivity index (χ1n) is 9.05. The van der Waals surface area contributed by atoms with Crippen molar-refractivity contribution in [2.45, 2.75) is 38.5 Å². The third-order valence-electron chi connectivity index (χ3n) is 4.57. The smallest absolute Gasteiger partial charge is 0.317 e. The van der Waals surface area contributed by atoms with E-state index < -0.39 is 0 Å². The van der Waals surface area contributed by atoms with Crippen molar-refractivity contribution in [3.8, 4) is 5.75 Å². The Balaban J connectivity index is 1.58. The molecule has 0 radical (unpaired) electrons. The molecular formula is C21H26N2O3. The summed E-state index contributed by atoms with van der Waals surface area (Å²) in [6, 6.07) is 17.0. The van der Waals surface area contributed by atoms with Crippen LogP contribution >= 0.6 is 0 Å². The predicted molar refractivity (Wildman–Crippen MR) is 101 cm³/mol. The minimum absolute atomic E-state index is 0.000342. The highest BCUT2D eigenvalue weighted by atomic mass is 16.5. The number of nitrogens with zero attached hydrogens (tertiary/aromatic N) is 1. The molecule has 0 unspecified atom stereocenters. The summed E-state index contributed by atoms with van der Waals surface area (Å²) in [5.41, 5.74) is 2.17. The molecule has 26 heavy (non-hydrogen) atoms. The lowest BCUT2D eigenvalue weighted by molar-refractivity contribution is -0.0658. The van der Waals surface area contributed by atoms with Crippen LogP contribution in [0, 0.1) is 0 Å². The second kappa shape index (κ2) is 8.23. The highest BCUT2D eigenvalue weighted by molar-refractivity contribution is 5.74. The van der Waals surface area contributed by atoms with Crippen LogP contribution in [0.15, 0.2) is 54.6 Å². The Kier molecular flexibility index (Phi) is 5.78. The minimum Gasteiger partial charge on any atom is -0.508 e. The van der Waals surface area contributed by atoms with Crippen LogP contribution in [0.4, 0.5) is 4.79 Å². The standard InChI is InChI=1S/C21H26N2O3/c1-15(12-17-8-10-19(24)11-9-17)22-21(25)23-13-16(2)26-20(14-23)18-6-4-3-5-7-18/h3-11,15-16,20,24H,12-14H2,1-2H3,(H,22,25)/t15-,16-,20+/m1/s1. The van der Waals surface area contributed by atoms with Gasteiger partial charge in [-0.1, -0.05) is 42.5 Å². The summed E-state index contributed by atoms with van der Waals surface area (Å²) in [5, 5.41) is 12.4. The van der Waals surface area contributed by atoms with E-state index >= 15 is 0 Å². The molecule has 2 aromatic rings. The number of rotatable bonds is 4. The summed E-state index contributed by atoms with van der Waals surface area (Å²) >= 11 is 0. The molecule has 2 N–H and O–H groups in total.